The summed E-state index contributed by atoms with van der Waals surface area (Å²) in [6, 6.07) is 11.2. The van der Waals surface area contributed by atoms with Crippen molar-refractivity contribution >= 4 is 0 Å². The summed E-state index contributed by atoms with van der Waals surface area (Å²) >= 11 is 0. The van der Waals surface area contributed by atoms with E-state index in [1.165, 1.54) is 12.0 Å². The number of rotatable bonds is 5. The highest BCUT2D eigenvalue weighted by Gasteiger charge is 2.08. The predicted octanol–water partition coefficient (Wildman–Crippen LogP) is 3.21. The summed E-state index contributed by atoms with van der Waals surface area (Å²) in [7, 11) is 0. The van der Waals surface area contributed by atoms with Gasteiger partial charge in [0.2, 0.25) is 0 Å². The summed E-state index contributed by atoms with van der Waals surface area (Å²) in [4.78, 5) is 0. The van der Waals surface area contributed by atoms with Crippen LogP contribution in [0.2, 0.25) is 0 Å². The molecule has 0 saturated heterocycles. The van der Waals surface area contributed by atoms with Gasteiger partial charge in [-0.1, -0.05) is 50.6 Å². The molecule has 0 aromatic heterocycles. The van der Waals surface area contributed by atoms with Crippen LogP contribution in [-0.4, -0.2) is 6.04 Å². The van der Waals surface area contributed by atoms with Crippen molar-refractivity contribution in [2.24, 2.45) is 5.92 Å². The normalized spacial score (nSPS) is 15.1. The van der Waals surface area contributed by atoms with E-state index in [-0.39, 0.29) is 0 Å². The molecule has 2 atom stereocenters. The molecular weight excluding hydrogens is 170 g/mol. The Labute approximate surface area is 87.5 Å². The topological polar surface area (TPSA) is 12.0 Å². The maximum atomic E-state index is 3.55. The van der Waals surface area contributed by atoms with Crippen LogP contribution in [0.3, 0.4) is 0 Å². The monoisotopic (exact) mass is 191 g/mol. The van der Waals surface area contributed by atoms with Gasteiger partial charge in [-0.25, -0.2) is 0 Å². The molecule has 0 radical (unpaired) electrons. The Morgan fingerprint density at radius 3 is 2.36 bits per heavy atom. The van der Waals surface area contributed by atoms with Gasteiger partial charge in [-0.3, -0.25) is 0 Å². The largest absolute Gasteiger partial charge is 0.310 e. The first-order chi connectivity index (χ1) is 6.74. The molecule has 0 aliphatic heterocycles. The van der Waals surface area contributed by atoms with Crippen LogP contribution < -0.4 is 5.32 Å². The average molecular weight is 191 g/mol. The second-order valence-corrected chi connectivity index (χ2v) is 4.04. The first-order valence-corrected chi connectivity index (χ1v) is 5.51. The molecule has 1 rings (SSSR count). The molecule has 0 aliphatic rings. The van der Waals surface area contributed by atoms with Gasteiger partial charge in [-0.15, -0.1) is 0 Å². The predicted molar refractivity (Wildman–Crippen MR) is 62.2 cm³/mol. The van der Waals surface area contributed by atoms with Crippen LogP contribution in [0.4, 0.5) is 0 Å². The minimum atomic E-state index is 0.597. The fourth-order valence-corrected chi connectivity index (χ4v) is 1.43. The Bertz CT molecular complexity index is 243. The lowest BCUT2D eigenvalue weighted by molar-refractivity contribution is 0.389. The third-order valence-electron chi connectivity index (χ3n) is 2.97. The number of hydrogen-bond acceptors (Lipinski definition) is 1. The first-order valence-electron chi connectivity index (χ1n) is 5.51. The molecule has 0 heterocycles. The summed E-state index contributed by atoms with van der Waals surface area (Å²) in [5, 5.41) is 3.55. The van der Waals surface area contributed by atoms with Gasteiger partial charge in [0.1, 0.15) is 0 Å². The van der Waals surface area contributed by atoms with Crippen LogP contribution in [-0.2, 0) is 6.54 Å². The van der Waals surface area contributed by atoms with Crippen molar-refractivity contribution < 1.29 is 0 Å². The van der Waals surface area contributed by atoms with Gasteiger partial charge in [-0.05, 0) is 18.4 Å². The molecule has 0 fully saturated rings. The Morgan fingerprint density at radius 2 is 1.79 bits per heavy atom. The SMILES string of the molecule is CCC(C)C(C)NCc1ccccc1. The summed E-state index contributed by atoms with van der Waals surface area (Å²) in [5.74, 6) is 0.749. The van der Waals surface area contributed by atoms with Gasteiger partial charge in [-0.2, -0.15) is 0 Å². The van der Waals surface area contributed by atoms with E-state index in [2.05, 4.69) is 56.4 Å². The molecule has 0 aliphatic carbocycles. The fraction of sp³-hybridized carbons (Fsp3) is 0.538. The van der Waals surface area contributed by atoms with E-state index in [1.54, 1.807) is 0 Å². The number of benzene rings is 1. The molecular formula is C13H21N. The zero-order chi connectivity index (χ0) is 10.4. The van der Waals surface area contributed by atoms with Gasteiger partial charge in [0.25, 0.3) is 0 Å². The molecule has 2 unspecified atom stereocenters. The molecule has 0 bridgehead atoms. The van der Waals surface area contributed by atoms with Crippen molar-refractivity contribution in [1.29, 1.82) is 0 Å². The molecule has 1 heteroatoms. The second-order valence-electron chi connectivity index (χ2n) is 4.04. The van der Waals surface area contributed by atoms with E-state index in [9.17, 15) is 0 Å². The highest BCUT2D eigenvalue weighted by molar-refractivity contribution is 5.14. The average Bonchev–Trinajstić information content (AvgIpc) is 2.26. The van der Waals surface area contributed by atoms with Crippen molar-refractivity contribution in [1.82, 2.24) is 5.32 Å². The van der Waals surface area contributed by atoms with E-state index in [0.29, 0.717) is 6.04 Å². The molecule has 1 aromatic carbocycles. The van der Waals surface area contributed by atoms with E-state index in [4.69, 9.17) is 0 Å². The van der Waals surface area contributed by atoms with Gasteiger partial charge < -0.3 is 5.32 Å². The molecule has 0 amide bonds. The number of hydrogen-bond donors (Lipinski definition) is 1. The molecule has 0 saturated carbocycles. The van der Waals surface area contributed by atoms with Crippen LogP contribution in [0, 0.1) is 5.92 Å². The lowest BCUT2D eigenvalue weighted by Crippen LogP contribution is -2.31. The maximum Gasteiger partial charge on any atom is 0.0208 e. The summed E-state index contributed by atoms with van der Waals surface area (Å²) < 4.78 is 0. The molecule has 1 N–H and O–H groups in total. The molecule has 1 nitrogen and oxygen atoms in total. The van der Waals surface area contributed by atoms with Crippen molar-refractivity contribution in [2.45, 2.75) is 39.8 Å². The zero-order valence-electron chi connectivity index (χ0n) is 9.46. The van der Waals surface area contributed by atoms with Gasteiger partial charge in [0.05, 0.1) is 0 Å². The summed E-state index contributed by atoms with van der Waals surface area (Å²) in [6.07, 6.45) is 1.24. The third-order valence-corrected chi connectivity index (χ3v) is 2.97. The first kappa shape index (κ1) is 11.3. The van der Waals surface area contributed by atoms with Gasteiger partial charge >= 0.3 is 0 Å². The van der Waals surface area contributed by atoms with Gasteiger partial charge in [0, 0.05) is 12.6 Å². The van der Waals surface area contributed by atoms with Crippen LogP contribution in [0.25, 0.3) is 0 Å². The van der Waals surface area contributed by atoms with Crippen molar-refractivity contribution in [3.05, 3.63) is 35.9 Å². The highest BCUT2D eigenvalue weighted by Crippen LogP contribution is 2.07. The smallest absolute Gasteiger partial charge is 0.0208 e. The fourth-order valence-electron chi connectivity index (χ4n) is 1.43. The lowest BCUT2D eigenvalue weighted by Gasteiger charge is -2.19. The Balaban J connectivity index is 2.34. The minimum absolute atomic E-state index is 0.597. The summed E-state index contributed by atoms with van der Waals surface area (Å²) in [6.45, 7) is 7.78. The molecule has 78 valence electrons. The zero-order valence-corrected chi connectivity index (χ0v) is 9.46. The third kappa shape index (κ3) is 3.51. The van der Waals surface area contributed by atoms with E-state index in [0.717, 1.165) is 12.5 Å². The summed E-state index contributed by atoms with van der Waals surface area (Å²) in [5.41, 5.74) is 1.36. The van der Waals surface area contributed by atoms with E-state index < -0.39 is 0 Å². The van der Waals surface area contributed by atoms with E-state index in [1.807, 2.05) is 0 Å². The van der Waals surface area contributed by atoms with Gasteiger partial charge in [0.15, 0.2) is 0 Å². The Hall–Kier alpha value is -0.820. The standard InChI is InChI=1S/C13H21N/c1-4-11(2)12(3)14-10-13-8-6-5-7-9-13/h5-9,11-12,14H,4,10H2,1-3H3. The van der Waals surface area contributed by atoms with Crippen molar-refractivity contribution in [3.63, 3.8) is 0 Å². The van der Waals surface area contributed by atoms with Crippen molar-refractivity contribution in [2.75, 3.05) is 0 Å². The molecule has 14 heavy (non-hydrogen) atoms. The quantitative estimate of drug-likeness (QED) is 0.753. The minimum Gasteiger partial charge on any atom is -0.310 e. The van der Waals surface area contributed by atoms with Crippen LogP contribution in [0.1, 0.15) is 32.8 Å². The number of nitrogens with one attached hydrogen (secondary N) is 1. The van der Waals surface area contributed by atoms with E-state index >= 15 is 0 Å². The molecule has 1 aromatic rings. The van der Waals surface area contributed by atoms with Crippen molar-refractivity contribution in [3.8, 4) is 0 Å². The van der Waals surface area contributed by atoms with Crippen LogP contribution >= 0.6 is 0 Å². The second kappa shape index (κ2) is 5.82. The van der Waals surface area contributed by atoms with Crippen LogP contribution in [0.5, 0.6) is 0 Å². The maximum absolute atomic E-state index is 3.55. The highest BCUT2D eigenvalue weighted by atomic mass is 14.9. The lowest BCUT2D eigenvalue weighted by atomic mass is 10.0. The Kier molecular flexibility index (Phi) is 4.68. The van der Waals surface area contributed by atoms with Crippen LogP contribution in [0.15, 0.2) is 30.3 Å². The Morgan fingerprint density at radius 1 is 1.14 bits per heavy atom. The molecule has 0 spiro atoms.